The van der Waals surface area contributed by atoms with Gasteiger partial charge in [0.2, 0.25) is 11.7 Å². The van der Waals surface area contributed by atoms with Gasteiger partial charge in [-0.3, -0.25) is 14.5 Å². The van der Waals surface area contributed by atoms with E-state index < -0.39 is 17.8 Å². The Morgan fingerprint density at radius 2 is 1.88 bits per heavy atom. The van der Waals surface area contributed by atoms with Crippen molar-refractivity contribution in [1.82, 2.24) is 25.5 Å². The molecule has 1 aliphatic rings. The molecule has 5 rings (SSSR count). The van der Waals surface area contributed by atoms with Gasteiger partial charge >= 0.3 is 0 Å². The van der Waals surface area contributed by atoms with Gasteiger partial charge < -0.3 is 10.1 Å². The molecule has 1 aliphatic carbocycles. The zero-order chi connectivity index (χ0) is 27.9. The third kappa shape index (κ3) is 6.36. The van der Waals surface area contributed by atoms with E-state index in [-0.39, 0.29) is 29.9 Å². The van der Waals surface area contributed by atoms with Crippen LogP contribution >= 0.6 is 11.3 Å². The number of halogens is 1. The van der Waals surface area contributed by atoms with Gasteiger partial charge in [0.05, 0.1) is 12.2 Å². The van der Waals surface area contributed by atoms with E-state index in [1.54, 1.807) is 42.5 Å². The van der Waals surface area contributed by atoms with Gasteiger partial charge in [0.15, 0.2) is 0 Å². The smallest absolute Gasteiger partial charge is 0.251 e. The lowest BCUT2D eigenvalue weighted by Crippen LogP contribution is -2.48. The Labute approximate surface area is 236 Å². The number of thiophene rings is 1. The standard InChI is InChI=1S/C29H31FN6O3S/c1-2-39-22-16-14-21(15-17-22)36(26(37)19-35-33-28(32-34-35)23-11-6-7-12-24(23)30)27(25-13-8-18-40-25)29(38)31-20-9-4-3-5-10-20/h6-8,11-18,20,27H,2-5,9-10,19H2,1H3,(H,31,38)/t27-/m0/s1. The molecule has 1 atom stereocenters. The number of benzene rings is 2. The summed E-state index contributed by atoms with van der Waals surface area (Å²) in [6.45, 7) is 2.10. The number of ether oxygens (including phenoxy) is 1. The highest BCUT2D eigenvalue weighted by molar-refractivity contribution is 7.10. The van der Waals surface area contributed by atoms with E-state index in [2.05, 4.69) is 20.7 Å². The molecule has 2 aromatic carbocycles. The van der Waals surface area contributed by atoms with Crippen LogP contribution in [-0.4, -0.2) is 44.7 Å². The first kappa shape index (κ1) is 27.4. The normalized spacial score (nSPS) is 14.4. The molecule has 0 bridgehead atoms. The van der Waals surface area contributed by atoms with Crippen LogP contribution in [0.2, 0.25) is 0 Å². The van der Waals surface area contributed by atoms with Crippen LogP contribution < -0.4 is 15.0 Å². The highest BCUT2D eigenvalue weighted by Gasteiger charge is 2.35. The summed E-state index contributed by atoms with van der Waals surface area (Å²) >= 11 is 1.41. The Balaban J connectivity index is 1.47. The van der Waals surface area contributed by atoms with E-state index in [0.29, 0.717) is 18.0 Å². The monoisotopic (exact) mass is 562 g/mol. The number of carbonyl (C=O) groups is 2. The van der Waals surface area contributed by atoms with E-state index in [0.717, 1.165) is 41.8 Å². The molecule has 9 nitrogen and oxygen atoms in total. The van der Waals surface area contributed by atoms with Crippen LogP contribution in [0.1, 0.15) is 49.9 Å². The minimum atomic E-state index is -0.901. The molecule has 0 saturated heterocycles. The zero-order valence-electron chi connectivity index (χ0n) is 22.2. The average molecular weight is 563 g/mol. The first-order chi connectivity index (χ1) is 19.5. The van der Waals surface area contributed by atoms with Gasteiger partial charge in [-0.15, -0.1) is 21.5 Å². The SMILES string of the molecule is CCOc1ccc(N(C(=O)Cn2nnc(-c3ccccc3F)n2)[C@H](C(=O)NC2CCCCC2)c2cccs2)cc1. The Kier molecular flexibility index (Phi) is 8.80. The van der Waals surface area contributed by atoms with Gasteiger partial charge in [-0.1, -0.05) is 37.5 Å². The molecule has 1 N–H and O–H groups in total. The molecular weight excluding hydrogens is 531 g/mol. The van der Waals surface area contributed by atoms with Crippen LogP contribution in [0.4, 0.5) is 10.1 Å². The molecule has 0 radical (unpaired) electrons. The zero-order valence-corrected chi connectivity index (χ0v) is 23.0. The molecule has 0 unspecified atom stereocenters. The maximum absolute atomic E-state index is 14.3. The van der Waals surface area contributed by atoms with Crippen LogP contribution in [0, 0.1) is 5.82 Å². The van der Waals surface area contributed by atoms with E-state index in [4.69, 9.17) is 4.74 Å². The molecule has 4 aromatic rings. The van der Waals surface area contributed by atoms with E-state index >= 15 is 0 Å². The predicted molar refractivity (Wildman–Crippen MR) is 150 cm³/mol. The lowest BCUT2D eigenvalue weighted by Gasteiger charge is -2.32. The minimum Gasteiger partial charge on any atom is -0.494 e. The van der Waals surface area contributed by atoms with Crippen molar-refractivity contribution in [2.24, 2.45) is 0 Å². The summed E-state index contributed by atoms with van der Waals surface area (Å²) in [5.41, 5.74) is 0.716. The van der Waals surface area contributed by atoms with Crippen molar-refractivity contribution in [3.05, 3.63) is 76.7 Å². The van der Waals surface area contributed by atoms with Crippen molar-refractivity contribution in [2.75, 3.05) is 11.5 Å². The fourth-order valence-electron chi connectivity index (χ4n) is 4.91. The van der Waals surface area contributed by atoms with Crippen LogP contribution in [0.5, 0.6) is 5.75 Å². The van der Waals surface area contributed by atoms with E-state index in [1.165, 1.54) is 22.3 Å². The molecule has 40 heavy (non-hydrogen) atoms. The number of hydrogen-bond donors (Lipinski definition) is 1. The highest BCUT2D eigenvalue weighted by Crippen LogP contribution is 2.33. The highest BCUT2D eigenvalue weighted by atomic mass is 32.1. The quantitative estimate of drug-likeness (QED) is 0.286. The van der Waals surface area contributed by atoms with Crippen LogP contribution in [0.25, 0.3) is 11.4 Å². The first-order valence-electron chi connectivity index (χ1n) is 13.4. The lowest BCUT2D eigenvalue weighted by molar-refractivity contribution is -0.127. The van der Waals surface area contributed by atoms with E-state index in [9.17, 15) is 14.0 Å². The van der Waals surface area contributed by atoms with Gasteiger partial charge in [-0.05, 0) is 72.8 Å². The maximum atomic E-state index is 14.3. The molecular formula is C29H31FN6O3S. The average Bonchev–Trinajstić information content (AvgIpc) is 3.66. The molecule has 208 valence electrons. The van der Waals surface area contributed by atoms with Gasteiger partial charge in [-0.25, -0.2) is 4.39 Å². The topological polar surface area (TPSA) is 102 Å². The summed E-state index contributed by atoms with van der Waals surface area (Å²) in [4.78, 5) is 31.2. The summed E-state index contributed by atoms with van der Waals surface area (Å²) in [7, 11) is 0. The molecule has 1 fully saturated rings. The number of nitrogens with one attached hydrogen (secondary N) is 1. The maximum Gasteiger partial charge on any atom is 0.251 e. The molecule has 11 heteroatoms. The number of rotatable bonds is 10. The number of aromatic nitrogens is 4. The van der Waals surface area contributed by atoms with Crippen molar-refractivity contribution in [3.8, 4) is 17.1 Å². The fourth-order valence-corrected chi connectivity index (χ4v) is 5.72. The molecule has 2 aromatic heterocycles. The second kappa shape index (κ2) is 12.8. The summed E-state index contributed by atoms with van der Waals surface area (Å²) in [6, 6.07) is 16.1. The van der Waals surface area contributed by atoms with Crippen LogP contribution in [0.15, 0.2) is 66.0 Å². The number of nitrogens with zero attached hydrogens (tertiary/aromatic N) is 5. The lowest BCUT2D eigenvalue weighted by atomic mass is 9.95. The second-order valence-electron chi connectivity index (χ2n) is 9.58. The minimum absolute atomic E-state index is 0.0707. The molecule has 0 spiro atoms. The van der Waals surface area contributed by atoms with Gasteiger partial charge in [0.1, 0.15) is 24.2 Å². The first-order valence-corrected chi connectivity index (χ1v) is 14.3. The largest absolute Gasteiger partial charge is 0.494 e. The third-order valence-electron chi connectivity index (χ3n) is 6.81. The van der Waals surface area contributed by atoms with Crippen molar-refractivity contribution in [3.63, 3.8) is 0 Å². The second-order valence-corrected chi connectivity index (χ2v) is 10.6. The van der Waals surface area contributed by atoms with Crippen LogP contribution in [-0.2, 0) is 16.1 Å². The van der Waals surface area contributed by atoms with Crippen molar-refractivity contribution >= 4 is 28.8 Å². The Morgan fingerprint density at radius 3 is 2.58 bits per heavy atom. The van der Waals surface area contributed by atoms with Crippen molar-refractivity contribution in [1.29, 1.82) is 0 Å². The predicted octanol–water partition coefficient (Wildman–Crippen LogP) is 5.16. The number of amides is 2. The summed E-state index contributed by atoms with van der Waals surface area (Å²) in [5, 5.41) is 17.3. The molecule has 1 saturated carbocycles. The van der Waals surface area contributed by atoms with Crippen molar-refractivity contribution in [2.45, 2.75) is 57.7 Å². The summed E-state index contributed by atoms with van der Waals surface area (Å²) in [6.07, 6.45) is 5.14. The Morgan fingerprint density at radius 1 is 1.10 bits per heavy atom. The van der Waals surface area contributed by atoms with E-state index in [1.807, 2.05) is 24.4 Å². The third-order valence-corrected chi connectivity index (χ3v) is 7.73. The molecule has 0 aliphatic heterocycles. The van der Waals surface area contributed by atoms with Gasteiger partial charge in [0, 0.05) is 16.6 Å². The van der Waals surface area contributed by atoms with Crippen LogP contribution in [0.3, 0.4) is 0 Å². The number of hydrogen-bond acceptors (Lipinski definition) is 7. The molecule has 2 amide bonds. The number of carbonyl (C=O) groups excluding carboxylic acids is 2. The molecule has 2 heterocycles. The number of anilines is 1. The van der Waals surface area contributed by atoms with Gasteiger partial charge in [0.25, 0.3) is 5.91 Å². The van der Waals surface area contributed by atoms with Crippen molar-refractivity contribution < 1.29 is 18.7 Å². The van der Waals surface area contributed by atoms with Gasteiger partial charge in [-0.2, -0.15) is 4.80 Å². The summed E-state index contributed by atoms with van der Waals surface area (Å²) < 4.78 is 19.9. The Bertz CT molecular complexity index is 1420. The fraction of sp³-hybridized carbons (Fsp3) is 0.345. The summed E-state index contributed by atoms with van der Waals surface area (Å²) in [5.74, 6) is -0.413. The number of tetrazole rings is 1. The Hall–Kier alpha value is -4.12.